The molecule has 2 amide bonds. The molecule has 0 fully saturated rings. The van der Waals surface area contributed by atoms with Crippen molar-refractivity contribution in [2.45, 2.75) is 32.9 Å². The molecule has 1 atom stereocenters. The number of carbonyl (C=O) groups excluding carboxylic acids is 2. The lowest BCUT2D eigenvalue weighted by Crippen LogP contribution is -2.40. The van der Waals surface area contributed by atoms with Gasteiger partial charge in [-0.3, -0.25) is 14.3 Å². The standard InChI is InChI=1S/C11H18N4O3/c1-3-7-5-8(15(4-2)14-7)11(18)13-6-9(16)10(12)17/h5,9,16H,3-4,6H2,1-2H3,(H2,12,17)(H,13,18). The molecule has 0 saturated heterocycles. The van der Waals surface area contributed by atoms with Crippen LogP contribution in [0.15, 0.2) is 6.07 Å². The molecule has 4 N–H and O–H groups in total. The number of aliphatic hydroxyl groups excluding tert-OH is 1. The third-order valence-corrected chi connectivity index (χ3v) is 2.51. The van der Waals surface area contributed by atoms with E-state index in [4.69, 9.17) is 5.73 Å². The molecule has 100 valence electrons. The Bertz CT molecular complexity index is 441. The zero-order valence-corrected chi connectivity index (χ0v) is 10.5. The molecule has 0 radical (unpaired) electrons. The number of nitrogens with zero attached hydrogens (tertiary/aromatic N) is 2. The summed E-state index contributed by atoms with van der Waals surface area (Å²) in [6.07, 6.45) is -0.644. The molecule has 0 bridgehead atoms. The Morgan fingerprint density at radius 2 is 2.22 bits per heavy atom. The highest BCUT2D eigenvalue weighted by molar-refractivity contribution is 5.93. The summed E-state index contributed by atoms with van der Waals surface area (Å²) >= 11 is 0. The number of primary amides is 1. The number of carbonyl (C=O) groups is 2. The van der Waals surface area contributed by atoms with Gasteiger partial charge >= 0.3 is 0 Å². The summed E-state index contributed by atoms with van der Waals surface area (Å²) in [4.78, 5) is 22.5. The Labute approximate surface area is 105 Å². The molecule has 0 aliphatic heterocycles. The minimum Gasteiger partial charge on any atom is -0.381 e. The lowest BCUT2D eigenvalue weighted by molar-refractivity contribution is -0.125. The predicted molar refractivity (Wildman–Crippen MR) is 64.8 cm³/mol. The van der Waals surface area contributed by atoms with Crippen LogP contribution in [-0.4, -0.2) is 39.4 Å². The molecule has 7 nitrogen and oxygen atoms in total. The first kappa shape index (κ1) is 14.2. The van der Waals surface area contributed by atoms with Crippen molar-refractivity contribution in [3.05, 3.63) is 17.5 Å². The molecular formula is C11H18N4O3. The van der Waals surface area contributed by atoms with Gasteiger partial charge in [0.25, 0.3) is 5.91 Å². The quantitative estimate of drug-likeness (QED) is 0.607. The predicted octanol–water partition coefficient (Wildman–Crippen LogP) is -0.959. The molecule has 0 saturated carbocycles. The van der Waals surface area contributed by atoms with Crippen molar-refractivity contribution in [2.75, 3.05) is 6.54 Å². The molecule has 0 aromatic carbocycles. The Kier molecular flexibility index (Phi) is 4.85. The number of aryl methyl sites for hydroxylation is 2. The van der Waals surface area contributed by atoms with Gasteiger partial charge in [-0.15, -0.1) is 0 Å². The van der Waals surface area contributed by atoms with Crippen LogP contribution in [0.2, 0.25) is 0 Å². The zero-order chi connectivity index (χ0) is 13.7. The lowest BCUT2D eigenvalue weighted by Gasteiger charge is -2.09. The fourth-order valence-electron chi connectivity index (χ4n) is 1.45. The van der Waals surface area contributed by atoms with Gasteiger partial charge in [0.2, 0.25) is 5.91 Å². The van der Waals surface area contributed by atoms with Crippen molar-refractivity contribution in [2.24, 2.45) is 5.73 Å². The SMILES string of the molecule is CCc1cc(C(=O)NCC(O)C(N)=O)n(CC)n1. The van der Waals surface area contributed by atoms with E-state index in [1.54, 1.807) is 10.7 Å². The van der Waals surface area contributed by atoms with Crippen molar-refractivity contribution >= 4 is 11.8 Å². The summed E-state index contributed by atoms with van der Waals surface area (Å²) < 4.78 is 1.57. The summed E-state index contributed by atoms with van der Waals surface area (Å²) in [6.45, 7) is 4.19. The fraction of sp³-hybridized carbons (Fsp3) is 0.545. The van der Waals surface area contributed by atoms with Crippen LogP contribution in [0.1, 0.15) is 30.0 Å². The van der Waals surface area contributed by atoms with Crippen LogP contribution in [0.3, 0.4) is 0 Å². The van der Waals surface area contributed by atoms with E-state index in [0.717, 1.165) is 12.1 Å². The van der Waals surface area contributed by atoms with E-state index in [-0.39, 0.29) is 12.5 Å². The molecule has 0 aliphatic rings. The summed E-state index contributed by atoms with van der Waals surface area (Å²) in [7, 11) is 0. The monoisotopic (exact) mass is 254 g/mol. The second-order valence-electron chi connectivity index (χ2n) is 3.82. The molecule has 7 heteroatoms. The zero-order valence-electron chi connectivity index (χ0n) is 10.5. The Morgan fingerprint density at radius 3 is 2.72 bits per heavy atom. The number of hydrogen-bond acceptors (Lipinski definition) is 4. The van der Waals surface area contributed by atoms with Crippen LogP contribution in [-0.2, 0) is 17.8 Å². The molecule has 0 aliphatic carbocycles. The highest BCUT2D eigenvalue weighted by Gasteiger charge is 2.16. The van der Waals surface area contributed by atoms with Gasteiger partial charge in [-0.2, -0.15) is 5.10 Å². The average Bonchev–Trinajstić information content (AvgIpc) is 2.78. The van der Waals surface area contributed by atoms with E-state index in [9.17, 15) is 14.7 Å². The lowest BCUT2D eigenvalue weighted by atomic mass is 10.3. The summed E-state index contributed by atoms with van der Waals surface area (Å²) in [5.41, 5.74) is 6.11. The van der Waals surface area contributed by atoms with E-state index in [0.29, 0.717) is 12.2 Å². The molecule has 1 rings (SSSR count). The van der Waals surface area contributed by atoms with Gasteiger partial charge in [0.05, 0.1) is 12.2 Å². The maximum Gasteiger partial charge on any atom is 0.269 e. The highest BCUT2D eigenvalue weighted by Crippen LogP contribution is 2.05. The van der Waals surface area contributed by atoms with E-state index in [1.807, 2.05) is 13.8 Å². The van der Waals surface area contributed by atoms with Crippen molar-refractivity contribution < 1.29 is 14.7 Å². The average molecular weight is 254 g/mol. The normalized spacial score (nSPS) is 12.2. The van der Waals surface area contributed by atoms with Crippen LogP contribution >= 0.6 is 0 Å². The molecule has 1 unspecified atom stereocenters. The maximum absolute atomic E-state index is 11.8. The van der Waals surface area contributed by atoms with Crippen LogP contribution < -0.4 is 11.1 Å². The second kappa shape index (κ2) is 6.15. The summed E-state index contributed by atoms with van der Waals surface area (Å²) in [5, 5.41) is 15.9. The van der Waals surface area contributed by atoms with E-state index < -0.39 is 12.0 Å². The van der Waals surface area contributed by atoms with Crippen molar-refractivity contribution in [1.29, 1.82) is 0 Å². The third kappa shape index (κ3) is 3.30. The number of aromatic nitrogens is 2. The number of nitrogens with one attached hydrogen (secondary N) is 1. The second-order valence-corrected chi connectivity index (χ2v) is 3.82. The Morgan fingerprint density at radius 1 is 1.56 bits per heavy atom. The van der Waals surface area contributed by atoms with Crippen molar-refractivity contribution in [3.8, 4) is 0 Å². The molecule has 1 aromatic rings. The minimum atomic E-state index is -1.38. The maximum atomic E-state index is 11.8. The molecule has 1 aromatic heterocycles. The van der Waals surface area contributed by atoms with Crippen molar-refractivity contribution in [1.82, 2.24) is 15.1 Å². The van der Waals surface area contributed by atoms with Gasteiger partial charge in [-0.05, 0) is 19.4 Å². The molecular weight excluding hydrogens is 236 g/mol. The molecule has 1 heterocycles. The van der Waals surface area contributed by atoms with E-state index >= 15 is 0 Å². The smallest absolute Gasteiger partial charge is 0.269 e. The van der Waals surface area contributed by atoms with Gasteiger partial charge in [0, 0.05) is 6.54 Å². The topological polar surface area (TPSA) is 110 Å². The van der Waals surface area contributed by atoms with Gasteiger partial charge in [-0.25, -0.2) is 0 Å². The largest absolute Gasteiger partial charge is 0.381 e. The van der Waals surface area contributed by atoms with Crippen LogP contribution in [0.5, 0.6) is 0 Å². The number of hydrogen-bond donors (Lipinski definition) is 3. The number of aliphatic hydroxyl groups is 1. The van der Waals surface area contributed by atoms with Gasteiger partial charge in [-0.1, -0.05) is 6.92 Å². The third-order valence-electron chi connectivity index (χ3n) is 2.51. The minimum absolute atomic E-state index is 0.204. The summed E-state index contributed by atoms with van der Waals surface area (Å²) in [6, 6.07) is 1.69. The Balaban J connectivity index is 2.71. The van der Waals surface area contributed by atoms with E-state index in [1.165, 1.54) is 0 Å². The highest BCUT2D eigenvalue weighted by atomic mass is 16.3. The van der Waals surface area contributed by atoms with E-state index in [2.05, 4.69) is 10.4 Å². The van der Waals surface area contributed by atoms with Crippen LogP contribution in [0.25, 0.3) is 0 Å². The first-order chi connectivity index (χ1) is 8.49. The number of rotatable bonds is 6. The van der Waals surface area contributed by atoms with Crippen LogP contribution in [0.4, 0.5) is 0 Å². The Hall–Kier alpha value is -1.89. The number of nitrogens with two attached hydrogens (primary N) is 1. The molecule has 18 heavy (non-hydrogen) atoms. The van der Waals surface area contributed by atoms with Crippen molar-refractivity contribution in [3.63, 3.8) is 0 Å². The first-order valence-corrected chi connectivity index (χ1v) is 5.81. The first-order valence-electron chi connectivity index (χ1n) is 5.81. The van der Waals surface area contributed by atoms with Crippen LogP contribution in [0, 0.1) is 0 Å². The van der Waals surface area contributed by atoms with Gasteiger partial charge in [0.15, 0.2) is 0 Å². The van der Waals surface area contributed by atoms with Gasteiger partial charge in [0.1, 0.15) is 11.8 Å². The summed E-state index contributed by atoms with van der Waals surface area (Å²) in [5.74, 6) is -1.25. The molecule has 0 spiro atoms. The van der Waals surface area contributed by atoms with Gasteiger partial charge < -0.3 is 16.2 Å². The number of amides is 2. The fourth-order valence-corrected chi connectivity index (χ4v) is 1.45.